The lowest BCUT2D eigenvalue weighted by Gasteiger charge is -2.47. The van der Waals surface area contributed by atoms with Crippen molar-refractivity contribution >= 4 is 23.9 Å². The molecule has 2 saturated heterocycles. The fraction of sp³-hybridized carbons (Fsp3) is 0.875. The van der Waals surface area contributed by atoms with Crippen molar-refractivity contribution in [2.24, 2.45) is 17.8 Å². The molecule has 0 aromatic carbocycles. The zero-order valence-corrected chi connectivity index (χ0v) is 28.5. The first-order valence-electron chi connectivity index (χ1n) is 16.3. The van der Waals surface area contributed by atoms with Crippen LogP contribution < -0.4 is 0 Å². The maximum atomic E-state index is 12.7. The van der Waals surface area contributed by atoms with Gasteiger partial charge in [0, 0.05) is 13.0 Å². The van der Waals surface area contributed by atoms with Crippen molar-refractivity contribution in [2.75, 3.05) is 13.2 Å². The van der Waals surface area contributed by atoms with Gasteiger partial charge in [0.2, 0.25) is 0 Å². The van der Waals surface area contributed by atoms with Crippen LogP contribution in [-0.2, 0) is 57.1 Å². The molecule has 0 spiro atoms. The summed E-state index contributed by atoms with van der Waals surface area (Å²) in [5.74, 6) is -3.85. The minimum atomic E-state index is -1.67. The largest absolute Gasteiger partial charge is 0.463 e. The van der Waals surface area contributed by atoms with Gasteiger partial charge in [-0.05, 0) is 19.8 Å². The first-order chi connectivity index (χ1) is 21.6. The second-order valence-electron chi connectivity index (χ2n) is 12.7. The molecule has 0 aromatic heterocycles. The summed E-state index contributed by atoms with van der Waals surface area (Å²) in [7, 11) is 0. The Morgan fingerprint density at radius 3 is 1.83 bits per heavy atom. The summed E-state index contributed by atoms with van der Waals surface area (Å²) in [6.07, 6.45) is -11.4. The molecule has 2 N–H and O–H groups in total. The van der Waals surface area contributed by atoms with Gasteiger partial charge in [-0.1, -0.05) is 61.8 Å². The second kappa shape index (κ2) is 18.8. The summed E-state index contributed by atoms with van der Waals surface area (Å²) < 4.78 is 46.3. The molecule has 0 aliphatic carbocycles. The molecular weight excluding hydrogens is 608 g/mol. The Morgan fingerprint density at radius 1 is 0.696 bits per heavy atom. The highest BCUT2D eigenvalue weighted by atomic mass is 16.8. The highest BCUT2D eigenvalue weighted by Gasteiger charge is 2.54. The third kappa shape index (κ3) is 11.1. The van der Waals surface area contributed by atoms with Crippen LogP contribution >= 0.6 is 0 Å². The van der Waals surface area contributed by atoms with Gasteiger partial charge >= 0.3 is 23.9 Å². The summed E-state index contributed by atoms with van der Waals surface area (Å²) in [5, 5.41) is 23.0. The van der Waals surface area contributed by atoms with Crippen LogP contribution in [0.5, 0.6) is 0 Å². The molecule has 2 aliphatic heterocycles. The van der Waals surface area contributed by atoms with Crippen LogP contribution in [0.15, 0.2) is 0 Å². The molecule has 0 saturated carbocycles. The Labute approximate surface area is 271 Å². The minimum absolute atomic E-state index is 0.0586. The number of hydrogen-bond donors (Lipinski definition) is 2. The van der Waals surface area contributed by atoms with Gasteiger partial charge in [0.1, 0.15) is 31.0 Å². The van der Waals surface area contributed by atoms with E-state index in [0.29, 0.717) is 12.8 Å². The Morgan fingerprint density at radius 2 is 1.28 bits per heavy atom. The molecule has 0 bridgehead atoms. The van der Waals surface area contributed by atoms with Gasteiger partial charge < -0.3 is 48.1 Å². The van der Waals surface area contributed by atoms with Crippen LogP contribution in [0, 0.1) is 17.8 Å². The average Bonchev–Trinajstić information content (AvgIpc) is 2.98. The van der Waals surface area contributed by atoms with Crippen LogP contribution in [0.4, 0.5) is 0 Å². The number of rotatable bonds is 16. The Bertz CT molecular complexity index is 984. The van der Waals surface area contributed by atoms with E-state index in [1.54, 1.807) is 55.4 Å². The van der Waals surface area contributed by atoms with Gasteiger partial charge in [0.25, 0.3) is 0 Å². The fourth-order valence-electron chi connectivity index (χ4n) is 4.64. The fourth-order valence-corrected chi connectivity index (χ4v) is 4.64. The summed E-state index contributed by atoms with van der Waals surface area (Å²) >= 11 is 0. The molecular formula is C32H54O14. The van der Waals surface area contributed by atoms with Crippen molar-refractivity contribution in [3.8, 4) is 0 Å². The number of ether oxygens (including phenoxy) is 8. The molecule has 46 heavy (non-hydrogen) atoms. The summed E-state index contributed by atoms with van der Waals surface area (Å²) in [6.45, 7) is 15.0. The smallest absolute Gasteiger partial charge is 0.308 e. The van der Waals surface area contributed by atoms with Crippen LogP contribution in [0.1, 0.15) is 88.0 Å². The van der Waals surface area contributed by atoms with Gasteiger partial charge in [-0.15, -0.1) is 0 Å². The van der Waals surface area contributed by atoms with E-state index in [-0.39, 0.29) is 19.6 Å². The number of aliphatic hydroxyl groups excluding tert-OH is 2. The van der Waals surface area contributed by atoms with Gasteiger partial charge in [0.15, 0.2) is 30.9 Å². The molecule has 14 nitrogen and oxygen atoms in total. The minimum Gasteiger partial charge on any atom is -0.463 e. The molecule has 10 atom stereocenters. The molecule has 0 radical (unpaired) electrons. The zero-order chi connectivity index (χ0) is 34.7. The molecule has 2 rings (SSSR count). The summed E-state index contributed by atoms with van der Waals surface area (Å²) in [5.41, 5.74) is 0. The van der Waals surface area contributed by atoms with E-state index in [2.05, 4.69) is 0 Å². The second-order valence-corrected chi connectivity index (χ2v) is 12.7. The first-order valence-corrected chi connectivity index (χ1v) is 16.3. The Hall–Kier alpha value is -2.36. The van der Waals surface area contributed by atoms with Crippen LogP contribution in [-0.4, -0.2) is 109 Å². The molecule has 0 amide bonds. The van der Waals surface area contributed by atoms with Gasteiger partial charge in [-0.3, -0.25) is 19.2 Å². The molecule has 2 heterocycles. The Balaban J connectivity index is 2.42. The number of carbonyl (C=O) groups excluding carboxylic acids is 4. The van der Waals surface area contributed by atoms with Crippen molar-refractivity contribution in [3.05, 3.63) is 0 Å². The number of esters is 4. The zero-order valence-electron chi connectivity index (χ0n) is 28.5. The number of hydrogen-bond acceptors (Lipinski definition) is 14. The lowest BCUT2D eigenvalue weighted by Crippen LogP contribution is -2.65. The monoisotopic (exact) mass is 662 g/mol. The van der Waals surface area contributed by atoms with E-state index in [1.807, 2.05) is 6.92 Å². The van der Waals surface area contributed by atoms with Crippen molar-refractivity contribution < 1.29 is 67.3 Å². The van der Waals surface area contributed by atoms with E-state index in [9.17, 15) is 29.4 Å². The summed E-state index contributed by atoms with van der Waals surface area (Å²) in [4.78, 5) is 50.0. The molecule has 14 heteroatoms. The number of carbonyl (C=O) groups is 4. The standard InChI is InChI=1S/C32H54O14/c1-10-12-14-39-32-27(22(34)25(45-30(38)18(7)8)20(42-32)15-40-28(36)16(3)4)46-31-23(35)26(43-21(33)13-11-2)24(19(9)41-31)44-29(37)17(5)6/h16-20,22-27,31-32,34-35H,10-15H2,1-9H3/t19-,20+,22-,23+,24-,25+,26-,27+,31+,32+/m0/s1. The van der Waals surface area contributed by atoms with E-state index in [1.165, 1.54) is 0 Å². The normalized spacial score (nSPS) is 31.5. The van der Waals surface area contributed by atoms with Crippen LogP contribution in [0.2, 0.25) is 0 Å². The van der Waals surface area contributed by atoms with Crippen molar-refractivity contribution in [3.63, 3.8) is 0 Å². The topological polar surface area (TPSA) is 183 Å². The van der Waals surface area contributed by atoms with E-state index >= 15 is 0 Å². The lowest BCUT2D eigenvalue weighted by atomic mass is 9.96. The quantitative estimate of drug-likeness (QED) is 0.140. The van der Waals surface area contributed by atoms with E-state index in [0.717, 1.165) is 6.42 Å². The first kappa shape index (κ1) is 39.8. The number of aliphatic hydroxyl groups is 2. The predicted molar refractivity (Wildman–Crippen MR) is 161 cm³/mol. The average molecular weight is 663 g/mol. The van der Waals surface area contributed by atoms with E-state index < -0.39 is 103 Å². The van der Waals surface area contributed by atoms with Gasteiger partial charge in [-0.2, -0.15) is 0 Å². The Kier molecular flexibility index (Phi) is 16.3. The molecule has 266 valence electrons. The van der Waals surface area contributed by atoms with Gasteiger partial charge in [0.05, 0.1) is 23.9 Å². The van der Waals surface area contributed by atoms with Crippen LogP contribution in [0.25, 0.3) is 0 Å². The molecule has 2 fully saturated rings. The SMILES string of the molecule is CCCCO[C@@H]1O[C@H](COC(=O)C(C)C)[C@@H](OC(=O)C(C)C)[C@H](O)[C@H]1O[C@H]1O[C@@H](C)[C@H](OC(=O)C(C)C)[C@@H](OC(=O)CCC)[C@H]1O. The number of unbranched alkanes of at least 4 members (excludes halogenated alkanes) is 1. The van der Waals surface area contributed by atoms with Crippen LogP contribution in [0.3, 0.4) is 0 Å². The highest BCUT2D eigenvalue weighted by molar-refractivity contribution is 5.73. The molecule has 2 aliphatic rings. The summed E-state index contributed by atoms with van der Waals surface area (Å²) in [6, 6.07) is 0. The third-order valence-electron chi connectivity index (χ3n) is 7.47. The maximum Gasteiger partial charge on any atom is 0.308 e. The van der Waals surface area contributed by atoms with E-state index in [4.69, 9.17) is 37.9 Å². The molecule has 0 aromatic rings. The van der Waals surface area contributed by atoms with Crippen molar-refractivity contribution in [2.45, 2.75) is 149 Å². The third-order valence-corrected chi connectivity index (χ3v) is 7.47. The van der Waals surface area contributed by atoms with Crippen molar-refractivity contribution in [1.29, 1.82) is 0 Å². The maximum absolute atomic E-state index is 12.7. The van der Waals surface area contributed by atoms with Gasteiger partial charge in [-0.25, -0.2) is 0 Å². The molecule has 0 unspecified atom stereocenters. The lowest BCUT2D eigenvalue weighted by molar-refractivity contribution is -0.365. The van der Waals surface area contributed by atoms with Crippen molar-refractivity contribution in [1.82, 2.24) is 0 Å². The highest BCUT2D eigenvalue weighted by Crippen LogP contribution is 2.33. The predicted octanol–water partition coefficient (Wildman–Crippen LogP) is 2.43.